The summed E-state index contributed by atoms with van der Waals surface area (Å²) < 4.78 is 11.0. The van der Waals surface area contributed by atoms with Crippen molar-refractivity contribution in [2.75, 3.05) is 20.0 Å². The third-order valence-electron chi connectivity index (χ3n) is 3.30. The summed E-state index contributed by atoms with van der Waals surface area (Å²) in [7, 11) is 2.46. The fourth-order valence-electron chi connectivity index (χ4n) is 2.17. The third-order valence-corrected chi connectivity index (χ3v) is 3.61. The maximum atomic E-state index is 12.0. The molecule has 0 unspecified atom stereocenters. The number of nitriles is 1. The number of esters is 1. The zero-order valence-electron chi connectivity index (χ0n) is 12.7. The van der Waals surface area contributed by atoms with Crippen molar-refractivity contribution in [3.63, 3.8) is 0 Å². The predicted octanol–water partition coefficient (Wildman–Crippen LogP) is 2.08. The maximum Gasteiger partial charge on any atom is 0.357 e. The van der Waals surface area contributed by atoms with Crippen molar-refractivity contribution in [1.29, 1.82) is 5.26 Å². The van der Waals surface area contributed by atoms with Crippen molar-refractivity contribution in [2.24, 2.45) is 0 Å². The summed E-state index contributed by atoms with van der Waals surface area (Å²) in [4.78, 5) is 23.2. The second kappa shape index (κ2) is 6.52. The number of halogens is 1. The molecule has 24 heavy (non-hydrogen) atoms. The molecule has 124 valence electrons. The van der Waals surface area contributed by atoms with Crippen LogP contribution in [0.25, 0.3) is 5.69 Å². The molecule has 0 bridgehead atoms. The molecule has 1 aromatic carbocycles. The number of aromatic carboxylic acids is 1. The number of carboxylic acid groups (broad SMARTS) is 1. The number of aromatic nitrogens is 1. The molecule has 8 nitrogen and oxygen atoms in total. The second-order valence-electron chi connectivity index (χ2n) is 4.59. The minimum Gasteiger partial charge on any atom is -0.496 e. The zero-order chi connectivity index (χ0) is 18.0. The summed E-state index contributed by atoms with van der Waals surface area (Å²) in [5.74, 6) is -1.96. The van der Waals surface area contributed by atoms with Crippen LogP contribution < -0.4 is 10.5 Å². The van der Waals surface area contributed by atoms with Gasteiger partial charge >= 0.3 is 11.9 Å². The van der Waals surface area contributed by atoms with E-state index in [2.05, 4.69) is 4.74 Å². The van der Waals surface area contributed by atoms with Gasteiger partial charge in [-0.3, -0.25) is 0 Å². The van der Waals surface area contributed by atoms with E-state index in [0.29, 0.717) is 0 Å². The molecule has 1 heterocycles. The number of nitrogen functional groups attached to an aromatic ring is 1. The minimum atomic E-state index is -1.22. The van der Waals surface area contributed by atoms with E-state index in [-0.39, 0.29) is 39.0 Å². The number of nitrogens with two attached hydrogens (primary N) is 1. The third kappa shape index (κ3) is 2.73. The van der Waals surface area contributed by atoms with Crippen LogP contribution in [0.2, 0.25) is 5.02 Å². The average Bonchev–Trinajstić information content (AvgIpc) is 2.90. The van der Waals surface area contributed by atoms with E-state index in [9.17, 15) is 9.59 Å². The van der Waals surface area contributed by atoms with Crippen LogP contribution in [0.5, 0.6) is 5.75 Å². The number of hydrogen-bond acceptors (Lipinski definition) is 6. The lowest BCUT2D eigenvalue weighted by molar-refractivity contribution is 0.0592. The van der Waals surface area contributed by atoms with Crippen molar-refractivity contribution in [3.8, 4) is 17.5 Å². The van der Waals surface area contributed by atoms with Crippen molar-refractivity contribution in [2.45, 2.75) is 0 Å². The quantitative estimate of drug-likeness (QED) is 0.808. The number of rotatable bonds is 4. The first kappa shape index (κ1) is 17.2. The fourth-order valence-corrected chi connectivity index (χ4v) is 2.42. The number of anilines is 1. The Morgan fingerprint density at radius 1 is 1.38 bits per heavy atom. The molecule has 2 aromatic rings. The van der Waals surface area contributed by atoms with Crippen LogP contribution >= 0.6 is 11.6 Å². The molecule has 9 heteroatoms. The number of carbonyl (C=O) groups is 2. The van der Waals surface area contributed by atoms with Crippen molar-refractivity contribution < 1.29 is 24.2 Å². The van der Waals surface area contributed by atoms with Crippen molar-refractivity contribution in [1.82, 2.24) is 4.57 Å². The van der Waals surface area contributed by atoms with Gasteiger partial charge in [-0.1, -0.05) is 11.6 Å². The highest BCUT2D eigenvalue weighted by atomic mass is 35.5. The molecule has 0 aliphatic heterocycles. The Hall–Kier alpha value is -3.18. The van der Waals surface area contributed by atoms with Crippen molar-refractivity contribution >= 4 is 29.2 Å². The maximum absolute atomic E-state index is 12.0. The Labute approximate surface area is 141 Å². The molecule has 0 aliphatic rings. The van der Waals surface area contributed by atoms with Crippen LogP contribution in [0, 0.1) is 11.3 Å². The molecular weight excluding hydrogens is 338 g/mol. The SMILES string of the molecule is COC(=O)c1c(N)c(C#N)cn1-c1cc(OC)c(C(=O)O)cc1Cl. The largest absolute Gasteiger partial charge is 0.496 e. The molecule has 0 saturated heterocycles. The Kier molecular flexibility index (Phi) is 4.66. The highest BCUT2D eigenvalue weighted by Gasteiger charge is 2.24. The molecule has 0 saturated carbocycles. The highest BCUT2D eigenvalue weighted by Crippen LogP contribution is 2.33. The molecule has 0 aliphatic carbocycles. The van der Waals surface area contributed by atoms with E-state index in [1.165, 1.54) is 37.1 Å². The molecule has 3 N–H and O–H groups in total. The topological polar surface area (TPSA) is 128 Å². The van der Waals surface area contributed by atoms with Gasteiger partial charge < -0.3 is 24.9 Å². The average molecular weight is 350 g/mol. The summed E-state index contributed by atoms with van der Waals surface area (Å²) in [6.45, 7) is 0. The van der Waals surface area contributed by atoms with Crippen LogP contribution in [0.3, 0.4) is 0 Å². The number of nitrogens with zero attached hydrogens (tertiary/aromatic N) is 2. The monoisotopic (exact) mass is 349 g/mol. The first-order valence-electron chi connectivity index (χ1n) is 6.46. The van der Waals surface area contributed by atoms with Gasteiger partial charge in [-0.05, 0) is 6.07 Å². The summed E-state index contributed by atoms with van der Waals surface area (Å²) in [6, 6.07) is 4.37. The Morgan fingerprint density at radius 2 is 2.04 bits per heavy atom. The first-order valence-corrected chi connectivity index (χ1v) is 6.83. The second-order valence-corrected chi connectivity index (χ2v) is 4.99. The van der Waals surface area contributed by atoms with Gasteiger partial charge in [0.05, 0.1) is 36.2 Å². The van der Waals surface area contributed by atoms with E-state index >= 15 is 0 Å². The minimum absolute atomic E-state index is 0.0258. The number of hydrogen-bond donors (Lipinski definition) is 2. The van der Waals surface area contributed by atoms with Crippen LogP contribution in [0.15, 0.2) is 18.3 Å². The van der Waals surface area contributed by atoms with E-state index in [4.69, 9.17) is 32.4 Å². The van der Waals surface area contributed by atoms with Gasteiger partial charge in [0.25, 0.3) is 0 Å². The zero-order valence-corrected chi connectivity index (χ0v) is 13.4. The lowest BCUT2D eigenvalue weighted by atomic mass is 10.1. The van der Waals surface area contributed by atoms with E-state index in [1.807, 2.05) is 6.07 Å². The standard InChI is InChI=1S/C15H12ClN3O5/c1-23-11-4-10(9(16)3-8(11)14(20)21)19-6-7(5-17)12(18)13(19)15(22)24-2/h3-4,6H,18H2,1-2H3,(H,20,21). The van der Waals surface area contributed by atoms with Crippen LogP contribution in [-0.2, 0) is 4.74 Å². The number of carbonyl (C=O) groups excluding carboxylic acids is 1. The molecule has 0 fully saturated rings. The normalized spacial score (nSPS) is 10.1. The molecule has 1 aromatic heterocycles. The van der Waals surface area contributed by atoms with Gasteiger partial charge in [0.15, 0.2) is 5.69 Å². The Morgan fingerprint density at radius 3 is 2.54 bits per heavy atom. The van der Waals surface area contributed by atoms with Gasteiger partial charge in [-0.25, -0.2) is 9.59 Å². The van der Waals surface area contributed by atoms with E-state index in [1.54, 1.807) is 0 Å². The molecule has 0 atom stereocenters. The van der Waals surface area contributed by atoms with Gasteiger partial charge in [0.2, 0.25) is 0 Å². The summed E-state index contributed by atoms with van der Waals surface area (Å²) in [5, 5.41) is 18.3. The molecule has 0 amide bonds. The summed E-state index contributed by atoms with van der Waals surface area (Å²) >= 11 is 6.15. The van der Waals surface area contributed by atoms with Crippen LogP contribution in [-0.4, -0.2) is 35.8 Å². The molecular formula is C15H12ClN3O5. The lowest BCUT2D eigenvalue weighted by Crippen LogP contribution is -2.12. The number of benzene rings is 1. The smallest absolute Gasteiger partial charge is 0.357 e. The molecule has 0 spiro atoms. The first-order chi connectivity index (χ1) is 11.3. The summed E-state index contributed by atoms with van der Waals surface area (Å²) in [6.07, 6.45) is 1.31. The van der Waals surface area contributed by atoms with Crippen LogP contribution in [0.4, 0.5) is 5.69 Å². The predicted molar refractivity (Wildman–Crippen MR) is 84.8 cm³/mol. The lowest BCUT2D eigenvalue weighted by Gasteiger charge is -2.13. The molecule has 2 rings (SSSR count). The number of carboxylic acids is 1. The van der Waals surface area contributed by atoms with Gasteiger partial charge in [0.1, 0.15) is 17.4 Å². The van der Waals surface area contributed by atoms with E-state index in [0.717, 1.165) is 0 Å². The van der Waals surface area contributed by atoms with Gasteiger partial charge in [0, 0.05) is 12.3 Å². The highest BCUT2D eigenvalue weighted by molar-refractivity contribution is 6.33. The van der Waals surface area contributed by atoms with Crippen molar-refractivity contribution in [3.05, 3.63) is 40.2 Å². The van der Waals surface area contributed by atoms with Gasteiger partial charge in [-0.2, -0.15) is 5.26 Å². The number of methoxy groups -OCH3 is 2. The molecule has 0 radical (unpaired) electrons. The Bertz CT molecular complexity index is 882. The summed E-state index contributed by atoms with van der Waals surface area (Å²) in [5.41, 5.74) is 5.77. The Balaban J connectivity index is 2.80. The van der Waals surface area contributed by atoms with Crippen LogP contribution in [0.1, 0.15) is 26.4 Å². The fraction of sp³-hybridized carbons (Fsp3) is 0.133. The number of ether oxygens (including phenoxy) is 2. The van der Waals surface area contributed by atoms with E-state index < -0.39 is 11.9 Å². The van der Waals surface area contributed by atoms with Gasteiger partial charge in [-0.15, -0.1) is 0 Å².